The summed E-state index contributed by atoms with van der Waals surface area (Å²) >= 11 is 0. The van der Waals surface area contributed by atoms with E-state index in [1.165, 1.54) is 7.11 Å². The molecule has 0 aliphatic carbocycles. The highest BCUT2D eigenvalue weighted by atomic mass is 17.3. The van der Waals surface area contributed by atoms with Crippen molar-refractivity contribution in [1.29, 1.82) is 0 Å². The van der Waals surface area contributed by atoms with Crippen molar-refractivity contribution < 1.29 is 19.2 Å². The molecule has 1 saturated heterocycles. The molecule has 0 N–H and O–H groups in total. The van der Waals surface area contributed by atoms with E-state index in [9.17, 15) is 0 Å². The van der Waals surface area contributed by atoms with Crippen LogP contribution in [0.15, 0.2) is 60.7 Å². The fraction of sp³-hybridized carbons (Fsp3) is 0.200. The smallest absolute Gasteiger partial charge is 0.304 e. The van der Waals surface area contributed by atoms with Crippen molar-refractivity contribution in [3.8, 4) is 0 Å². The van der Waals surface area contributed by atoms with Crippen LogP contribution in [0.3, 0.4) is 0 Å². The minimum atomic E-state index is -1.09. The number of rotatable bonds is 3. The number of ether oxygens (including phenoxy) is 2. The maximum Gasteiger partial charge on any atom is 0.304 e. The summed E-state index contributed by atoms with van der Waals surface area (Å²) in [6.07, 6.45) is 0. The van der Waals surface area contributed by atoms with E-state index in [2.05, 4.69) is 0 Å². The Labute approximate surface area is 111 Å². The summed E-state index contributed by atoms with van der Waals surface area (Å²) in [5.41, 5.74) is 1.70. The maximum atomic E-state index is 5.80. The van der Waals surface area contributed by atoms with Gasteiger partial charge in [-0.25, -0.2) is 0 Å². The van der Waals surface area contributed by atoms with Crippen molar-refractivity contribution in [3.05, 3.63) is 71.8 Å². The predicted octanol–water partition coefficient (Wildman–Crippen LogP) is 2.80. The Bertz CT molecular complexity index is 487. The zero-order valence-electron chi connectivity index (χ0n) is 10.5. The molecule has 98 valence electrons. The molecule has 1 heterocycles. The Morgan fingerprint density at radius 3 is 1.84 bits per heavy atom. The highest BCUT2D eigenvalue weighted by Crippen LogP contribution is 2.41. The molecule has 0 bridgehead atoms. The lowest BCUT2D eigenvalue weighted by atomic mass is 9.97. The predicted molar refractivity (Wildman–Crippen MR) is 67.7 cm³/mol. The Balaban J connectivity index is 2.07. The Hall–Kier alpha value is -1.72. The molecule has 2 aromatic rings. The van der Waals surface area contributed by atoms with Gasteiger partial charge < -0.3 is 4.74 Å². The van der Waals surface area contributed by atoms with Gasteiger partial charge in [-0.2, -0.15) is 9.78 Å². The van der Waals surface area contributed by atoms with Gasteiger partial charge in [-0.05, 0) is 0 Å². The number of hydrogen-bond acceptors (Lipinski definition) is 4. The van der Waals surface area contributed by atoms with Gasteiger partial charge in [0.15, 0.2) is 0 Å². The molecule has 1 fully saturated rings. The van der Waals surface area contributed by atoms with E-state index in [1.807, 2.05) is 60.7 Å². The summed E-state index contributed by atoms with van der Waals surface area (Å²) in [5, 5.41) is 0. The van der Waals surface area contributed by atoms with Crippen LogP contribution in [0, 0.1) is 0 Å². The second-order valence-corrected chi connectivity index (χ2v) is 4.17. The van der Waals surface area contributed by atoms with Gasteiger partial charge in [-0.3, -0.25) is 4.74 Å². The third-order valence-corrected chi connectivity index (χ3v) is 3.01. The molecule has 1 unspecified atom stereocenters. The van der Waals surface area contributed by atoms with E-state index in [4.69, 9.17) is 19.2 Å². The van der Waals surface area contributed by atoms with E-state index in [-0.39, 0.29) is 0 Å². The standard InChI is InChI=1S/C15H14O4/c1-16-14-17-15(19-18-14,12-8-4-2-5-9-12)13-10-6-3-7-11-13/h2-11,14H,1H3. The highest BCUT2D eigenvalue weighted by Gasteiger charge is 2.47. The first-order valence-electron chi connectivity index (χ1n) is 6.01. The largest absolute Gasteiger partial charge is 0.331 e. The molecule has 0 saturated carbocycles. The molecule has 0 radical (unpaired) electrons. The molecule has 0 amide bonds. The Kier molecular flexibility index (Phi) is 3.31. The zero-order valence-corrected chi connectivity index (χ0v) is 10.5. The van der Waals surface area contributed by atoms with Crippen LogP contribution in [-0.4, -0.2) is 13.6 Å². The molecule has 3 rings (SSSR count). The Morgan fingerprint density at radius 1 is 0.895 bits per heavy atom. The lowest BCUT2D eigenvalue weighted by Gasteiger charge is -2.25. The zero-order chi connectivity index (χ0) is 13.1. The minimum Gasteiger partial charge on any atom is -0.331 e. The molecule has 1 aliphatic rings. The summed E-state index contributed by atoms with van der Waals surface area (Å²) in [4.78, 5) is 10.6. The van der Waals surface area contributed by atoms with Crippen LogP contribution in [0.2, 0.25) is 0 Å². The summed E-state index contributed by atoms with van der Waals surface area (Å²) in [5.74, 6) is -1.09. The van der Waals surface area contributed by atoms with Crippen molar-refractivity contribution in [1.82, 2.24) is 0 Å². The van der Waals surface area contributed by atoms with Crippen LogP contribution in [0.5, 0.6) is 0 Å². The first-order valence-corrected chi connectivity index (χ1v) is 6.01. The van der Waals surface area contributed by atoms with Gasteiger partial charge in [0.25, 0.3) is 5.79 Å². The monoisotopic (exact) mass is 258 g/mol. The normalized spacial score (nSPS) is 21.4. The lowest BCUT2D eigenvalue weighted by Crippen LogP contribution is -2.29. The summed E-state index contributed by atoms with van der Waals surface area (Å²) in [6, 6.07) is 19.3. The topological polar surface area (TPSA) is 36.9 Å². The summed E-state index contributed by atoms with van der Waals surface area (Å²) < 4.78 is 10.8. The van der Waals surface area contributed by atoms with Gasteiger partial charge in [0, 0.05) is 18.2 Å². The van der Waals surface area contributed by atoms with Gasteiger partial charge in [0.05, 0.1) is 0 Å². The van der Waals surface area contributed by atoms with Crippen molar-refractivity contribution in [2.45, 2.75) is 12.3 Å². The van der Waals surface area contributed by atoms with Crippen LogP contribution in [0.1, 0.15) is 11.1 Å². The molecule has 19 heavy (non-hydrogen) atoms. The lowest BCUT2D eigenvalue weighted by molar-refractivity contribution is -0.356. The van der Waals surface area contributed by atoms with Gasteiger partial charge >= 0.3 is 6.48 Å². The average Bonchev–Trinajstić information content (AvgIpc) is 2.95. The van der Waals surface area contributed by atoms with Crippen molar-refractivity contribution in [2.24, 2.45) is 0 Å². The first-order chi connectivity index (χ1) is 9.35. The van der Waals surface area contributed by atoms with Gasteiger partial charge in [-0.1, -0.05) is 60.7 Å². The van der Waals surface area contributed by atoms with E-state index in [0.717, 1.165) is 11.1 Å². The van der Waals surface area contributed by atoms with Crippen LogP contribution >= 0.6 is 0 Å². The van der Waals surface area contributed by atoms with Crippen LogP contribution < -0.4 is 0 Å². The number of methoxy groups -OCH3 is 1. The fourth-order valence-corrected chi connectivity index (χ4v) is 2.08. The van der Waals surface area contributed by atoms with Gasteiger partial charge in [0.1, 0.15) is 0 Å². The van der Waals surface area contributed by atoms with Crippen LogP contribution in [-0.2, 0) is 25.0 Å². The molecule has 4 nitrogen and oxygen atoms in total. The first kappa shape index (κ1) is 12.3. The molecule has 1 aliphatic heterocycles. The summed E-state index contributed by atoms with van der Waals surface area (Å²) in [7, 11) is 1.50. The number of hydrogen-bond donors (Lipinski definition) is 0. The van der Waals surface area contributed by atoms with Crippen LogP contribution in [0.4, 0.5) is 0 Å². The third kappa shape index (κ3) is 2.15. The Morgan fingerprint density at radius 2 is 1.42 bits per heavy atom. The molecular weight excluding hydrogens is 244 g/mol. The van der Waals surface area contributed by atoms with Crippen molar-refractivity contribution in [2.75, 3.05) is 7.11 Å². The van der Waals surface area contributed by atoms with Crippen LogP contribution in [0.25, 0.3) is 0 Å². The molecule has 0 spiro atoms. The second kappa shape index (κ2) is 5.11. The van der Waals surface area contributed by atoms with E-state index in [1.54, 1.807) is 0 Å². The van der Waals surface area contributed by atoms with Gasteiger partial charge in [0.2, 0.25) is 0 Å². The minimum absolute atomic E-state index is 0.847. The fourth-order valence-electron chi connectivity index (χ4n) is 2.08. The number of benzene rings is 2. The SMILES string of the molecule is COC1OOC(c2ccccc2)(c2ccccc2)O1. The van der Waals surface area contributed by atoms with Gasteiger partial charge in [-0.15, -0.1) is 0 Å². The average molecular weight is 258 g/mol. The third-order valence-electron chi connectivity index (χ3n) is 3.01. The molecule has 1 atom stereocenters. The van der Waals surface area contributed by atoms with E-state index >= 15 is 0 Å². The molecular formula is C15H14O4. The van der Waals surface area contributed by atoms with E-state index < -0.39 is 12.3 Å². The molecule has 2 aromatic carbocycles. The molecule has 0 aromatic heterocycles. The van der Waals surface area contributed by atoms with E-state index in [0.29, 0.717) is 0 Å². The second-order valence-electron chi connectivity index (χ2n) is 4.17. The maximum absolute atomic E-state index is 5.80. The quantitative estimate of drug-likeness (QED) is 0.793. The van der Waals surface area contributed by atoms with Crippen molar-refractivity contribution in [3.63, 3.8) is 0 Å². The van der Waals surface area contributed by atoms with Crippen molar-refractivity contribution >= 4 is 0 Å². The molecule has 4 heteroatoms. The highest BCUT2D eigenvalue weighted by molar-refractivity contribution is 5.33. The summed E-state index contributed by atoms with van der Waals surface area (Å²) in [6.45, 7) is -0.847.